The minimum absolute atomic E-state index is 0.0535. The highest BCUT2D eigenvalue weighted by atomic mass is 16.5. The fourth-order valence-electron chi connectivity index (χ4n) is 2.90. The van der Waals surface area contributed by atoms with Crippen LogP contribution >= 0.6 is 0 Å². The van der Waals surface area contributed by atoms with E-state index in [1.807, 2.05) is 6.07 Å². The molecule has 4 rings (SSSR count). The number of aromatic hydroxyl groups is 2. The number of benzene rings is 3. The summed E-state index contributed by atoms with van der Waals surface area (Å²) in [4.78, 5) is 11.5. The molecule has 3 aromatic rings. The number of nitrogens with one attached hydrogen (secondary N) is 1. The molecule has 0 fully saturated rings. The van der Waals surface area contributed by atoms with Crippen molar-refractivity contribution in [1.82, 2.24) is 0 Å². The first-order valence-electron chi connectivity index (χ1n) is 7.89. The van der Waals surface area contributed by atoms with E-state index in [9.17, 15) is 20.1 Å². The Bertz CT molecular complexity index is 1150. The number of hydrogen-bond acceptors (Lipinski definition) is 6. The molecule has 27 heavy (non-hydrogen) atoms. The van der Waals surface area contributed by atoms with Gasteiger partial charge >= 0.3 is 5.97 Å². The second kappa shape index (κ2) is 5.97. The summed E-state index contributed by atoms with van der Waals surface area (Å²) in [6.07, 6.45) is 0. The number of phenols is 2. The molecule has 0 bridgehead atoms. The third kappa shape index (κ3) is 2.75. The standard InChI is InChI=1S/C20H12N2O5/c21-9-10-5-13(20(25)26)19-18(6-10)27-17-8-12(1-3-14(17)22-19)11-2-4-15(23)16(24)7-11/h1-8,22-24H,(H,25,26). The Hall–Kier alpha value is -4.18. The number of carboxylic acid groups (broad SMARTS) is 1. The molecule has 7 heteroatoms. The molecule has 0 aliphatic carbocycles. The van der Waals surface area contributed by atoms with E-state index < -0.39 is 5.97 Å². The van der Waals surface area contributed by atoms with Gasteiger partial charge in [-0.25, -0.2) is 4.79 Å². The number of ether oxygens (including phenoxy) is 1. The van der Waals surface area contributed by atoms with Crippen LogP contribution in [0.3, 0.4) is 0 Å². The third-order valence-electron chi connectivity index (χ3n) is 4.23. The number of phenolic OH excluding ortho intramolecular Hbond substituents is 2. The van der Waals surface area contributed by atoms with Crippen LogP contribution < -0.4 is 10.1 Å². The molecule has 0 saturated heterocycles. The lowest BCUT2D eigenvalue weighted by Gasteiger charge is -2.24. The fraction of sp³-hybridized carbons (Fsp3) is 0. The Balaban J connectivity index is 1.78. The molecule has 7 nitrogen and oxygen atoms in total. The molecular formula is C20H12N2O5. The molecule has 4 N–H and O–H groups in total. The normalized spacial score (nSPS) is 11.4. The van der Waals surface area contributed by atoms with E-state index in [2.05, 4.69) is 5.32 Å². The van der Waals surface area contributed by atoms with E-state index in [1.165, 1.54) is 24.3 Å². The molecule has 0 aromatic heterocycles. The molecule has 0 unspecified atom stereocenters. The van der Waals surface area contributed by atoms with Crippen LogP contribution in [-0.2, 0) is 0 Å². The molecule has 1 heterocycles. The van der Waals surface area contributed by atoms with Gasteiger partial charge in [0.05, 0.1) is 28.6 Å². The number of anilines is 2. The molecule has 0 saturated carbocycles. The number of nitriles is 1. The molecule has 1 aliphatic heterocycles. The lowest BCUT2D eigenvalue weighted by Crippen LogP contribution is -2.09. The first kappa shape index (κ1) is 16.3. The number of fused-ring (bicyclic) bond motifs is 2. The number of carbonyl (C=O) groups is 1. The highest BCUT2D eigenvalue weighted by Crippen LogP contribution is 2.46. The summed E-state index contributed by atoms with van der Waals surface area (Å²) < 4.78 is 5.84. The third-order valence-corrected chi connectivity index (χ3v) is 4.23. The average molecular weight is 360 g/mol. The van der Waals surface area contributed by atoms with Gasteiger partial charge < -0.3 is 25.4 Å². The Morgan fingerprint density at radius 3 is 2.41 bits per heavy atom. The number of nitrogens with zero attached hydrogens (tertiary/aromatic N) is 1. The van der Waals surface area contributed by atoms with E-state index in [4.69, 9.17) is 10.00 Å². The minimum Gasteiger partial charge on any atom is -0.504 e. The monoisotopic (exact) mass is 360 g/mol. The predicted molar refractivity (Wildman–Crippen MR) is 96.7 cm³/mol. The second-order valence-electron chi connectivity index (χ2n) is 5.96. The minimum atomic E-state index is -1.17. The molecule has 0 atom stereocenters. The van der Waals surface area contributed by atoms with E-state index in [-0.39, 0.29) is 34.1 Å². The van der Waals surface area contributed by atoms with Crippen molar-refractivity contribution in [3.05, 3.63) is 59.7 Å². The van der Waals surface area contributed by atoms with Gasteiger partial charge in [-0.15, -0.1) is 0 Å². The van der Waals surface area contributed by atoms with Crippen molar-refractivity contribution < 1.29 is 24.9 Å². The Labute approximate surface area is 153 Å². The summed E-state index contributed by atoms with van der Waals surface area (Å²) in [6, 6.07) is 14.4. The van der Waals surface area contributed by atoms with Gasteiger partial charge in [-0.2, -0.15) is 5.26 Å². The Kier molecular flexibility index (Phi) is 3.60. The van der Waals surface area contributed by atoms with Crippen LogP contribution in [0.2, 0.25) is 0 Å². The number of rotatable bonds is 2. The molecule has 132 valence electrons. The molecule has 0 amide bonds. The summed E-state index contributed by atoms with van der Waals surface area (Å²) in [5.41, 5.74) is 2.37. The second-order valence-corrected chi connectivity index (χ2v) is 5.96. The Morgan fingerprint density at radius 1 is 0.963 bits per heavy atom. The quantitative estimate of drug-likeness (QED) is 0.395. The predicted octanol–water partition coefficient (Wildman–Crippen LogP) is 4.18. The van der Waals surface area contributed by atoms with Crippen molar-refractivity contribution in [2.45, 2.75) is 0 Å². The van der Waals surface area contributed by atoms with Gasteiger partial charge in [0.1, 0.15) is 0 Å². The highest BCUT2D eigenvalue weighted by molar-refractivity contribution is 5.99. The topological polar surface area (TPSA) is 123 Å². The van der Waals surface area contributed by atoms with Crippen molar-refractivity contribution in [2.24, 2.45) is 0 Å². The van der Waals surface area contributed by atoms with Crippen LogP contribution in [0.15, 0.2) is 48.5 Å². The molecular weight excluding hydrogens is 348 g/mol. The smallest absolute Gasteiger partial charge is 0.338 e. The van der Waals surface area contributed by atoms with E-state index in [0.717, 1.165) is 5.56 Å². The maximum atomic E-state index is 11.5. The zero-order valence-corrected chi connectivity index (χ0v) is 13.7. The van der Waals surface area contributed by atoms with Gasteiger partial charge in [-0.3, -0.25) is 0 Å². The summed E-state index contributed by atoms with van der Waals surface area (Å²) in [5.74, 6) is -0.934. The SMILES string of the molecule is N#Cc1cc2c(c(C(=O)O)c1)Nc1ccc(-c3ccc(O)c(O)c3)cc1O2. The number of carboxylic acids is 1. The zero-order chi connectivity index (χ0) is 19.1. The maximum Gasteiger partial charge on any atom is 0.338 e. The summed E-state index contributed by atoms with van der Waals surface area (Å²) in [6.45, 7) is 0. The van der Waals surface area contributed by atoms with Gasteiger partial charge in [0.2, 0.25) is 0 Å². The Morgan fingerprint density at radius 2 is 1.70 bits per heavy atom. The van der Waals surface area contributed by atoms with Gasteiger partial charge in [0.25, 0.3) is 0 Å². The fourth-order valence-corrected chi connectivity index (χ4v) is 2.90. The molecule has 0 spiro atoms. The van der Waals surface area contributed by atoms with Crippen LogP contribution in [-0.4, -0.2) is 21.3 Å². The van der Waals surface area contributed by atoms with Crippen molar-refractivity contribution in [2.75, 3.05) is 5.32 Å². The number of hydrogen-bond donors (Lipinski definition) is 4. The molecule has 3 aromatic carbocycles. The summed E-state index contributed by atoms with van der Waals surface area (Å²) in [5, 5.41) is 40.7. The maximum absolute atomic E-state index is 11.5. The van der Waals surface area contributed by atoms with Crippen molar-refractivity contribution in [3.8, 4) is 40.2 Å². The molecule has 0 radical (unpaired) electrons. The largest absolute Gasteiger partial charge is 0.504 e. The van der Waals surface area contributed by atoms with Crippen LogP contribution in [0, 0.1) is 11.3 Å². The van der Waals surface area contributed by atoms with Gasteiger partial charge in [0.15, 0.2) is 23.0 Å². The van der Waals surface area contributed by atoms with Crippen LogP contribution in [0.25, 0.3) is 11.1 Å². The van der Waals surface area contributed by atoms with Gasteiger partial charge in [-0.05, 0) is 41.5 Å². The van der Waals surface area contributed by atoms with Crippen molar-refractivity contribution in [3.63, 3.8) is 0 Å². The number of aromatic carboxylic acids is 1. The van der Waals surface area contributed by atoms with Gasteiger partial charge in [0, 0.05) is 6.07 Å². The van der Waals surface area contributed by atoms with Crippen LogP contribution in [0.4, 0.5) is 11.4 Å². The van der Waals surface area contributed by atoms with E-state index in [1.54, 1.807) is 24.3 Å². The highest BCUT2D eigenvalue weighted by Gasteiger charge is 2.24. The zero-order valence-electron chi connectivity index (χ0n) is 13.7. The lowest BCUT2D eigenvalue weighted by atomic mass is 10.0. The van der Waals surface area contributed by atoms with E-state index >= 15 is 0 Å². The average Bonchev–Trinajstić information content (AvgIpc) is 2.67. The summed E-state index contributed by atoms with van der Waals surface area (Å²) >= 11 is 0. The first-order valence-corrected chi connectivity index (χ1v) is 7.89. The van der Waals surface area contributed by atoms with Gasteiger partial charge in [-0.1, -0.05) is 12.1 Å². The van der Waals surface area contributed by atoms with Crippen LogP contribution in [0.5, 0.6) is 23.0 Å². The van der Waals surface area contributed by atoms with Crippen molar-refractivity contribution >= 4 is 17.3 Å². The molecule has 1 aliphatic rings. The summed E-state index contributed by atoms with van der Waals surface area (Å²) in [7, 11) is 0. The first-order chi connectivity index (χ1) is 13.0. The van der Waals surface area contributed by atoms with Crippen molar-refractivity contribution in [1.29, 1.82) is 5.26 Å². The lowest BCUT2D eigenvalue weighted by molar-refractivity contribution is 0.0697. The van der Waals surface area contributed by atoms with E-state index in [0.29, 0.717) is 17.0 Å². The van der Waals surface area contributed by atoms with Crippen LogP contribution in [0.1, 0.15) is 15.9 Å².